The average molecular weight is 227 g/mol. The molecule has 0 unspecified atom stereocenters. The van der Waals surface area contributed by atoms with Crippen LogP contribution in [0.3, 0.4) is 0 Å². The number of fused-ring (bicyclic) bond motifs is 1. The molecule has 1 aliphatic heterocycles. The van der Waals surface area contributed by atoms with E-state index in [9.17, 15) is 4.79 Å². The Morgan fingerprint density at radius 2 is 2.53 bits per heavy atom. The van der Waals surface area contributed by atoms with Crippen molar-refractivity contribution in [2.24, 2.45) is 0 Å². The van der Waals surface area contributed by atoms with E-state index in [1.54, 1.807) is 18.3 Å². The number of carbonyl (C=O) groups is 1. The molecular weight excluding hydrogens is 214 g/mol. The third-order valence-corrected chi connectivity index (χ3v) is 3.21. The van der Waals surface area contributed by atoms with E-state index in [0.29, 0.717) is 13.2 Å². The highest BCUT2D eigenvalue weighted by atomic mass is 32.1. The second-order valence-electron chi connectivity index (χ2n) is 3.26. The molecule has 0 spiro atoms. The van der Waals surface area contributed by atoms with Gasteiger partial charge in [-0.05, 0) is 6.92 Å². The van der Waals surface area contributed by atoms with Crippen molar-refractivity contribution < 1.29 is 14.3 Å². The topological polar surface area (TPSA) is 48.4 Å². The van der Waals surface area contributed by atoms with Gasteiger partial charge in [0.1, 0.15) is 5.01 Å². The van der Waals surface area contributed by atoms with Crippen LogP contribution in [0.2, 0.25) is 0 Å². The van der Waals surface area contributed by atoms with Crippen molar-refractivity contribution in [3.63, 3.8) is 0 Å². The fourth-order valence-corrected chi connectivity index (χ4v) is 2.53. The first-order valence-electron chi connectivity index (χ1n) is 5.00. The van der Waals surface area contributed by atoms with Crippen molar-refractivity contribution in [2.45, 2.75) is 26.4 Å². The van der Waals surface area contributed by atoms with Crippen molar-refractivity contribution in [2.75, 3.05) is 13.2 Å². The van der Waals surface area contributed by atoms with E-state index in [0.717, 1.165) is 28.6 Å². The molecule has 15 heavy (non-hydrogen) atoms. The van der Waals surface area contributed by atoms with Gasteiger partial charge in [0.2, 0.25) is 0 Å². The fraction of sp³-hybridized carbons (Fsp3) is 0.600. The van der Waals surface area contributed by atoms with Crippen LogP contribution in [0.1, 0.15) is 22.5 Å². The van der Waals surface area contributed by atoms with E-state index in [2.05, 4.69) is 4.98 Å². The summed E-state index contributed by atoms with van der Waals surface area (Å²) in [4.78, 5) is 16.8. The minimum atomic E-state index is -0.204. The largest absolute Gasteiger partial charge is 0.466 e. The second kappa shape index (κ2) is 4.72. The van der Waals surface area contributed by atoms with Gasteiger partial charge >= 0.3 is 5.97 Å². The Hall–Kier alpha value is -0.940. The van der Waals surface area contributed by atoms with Gasteiger partial charge in [-0.1, -0.05) is 0 Å². The molecule has 0 aliphatic carbocycles. The van der Waals surface area contributed by atoms with Crippen LogP contribution in [-0.2, 0) is 33.7 Å². The smallest absolute Gasteiger partial charge is 0.312 e. The molecular formula is C10H13NO3S. The number of aromatic nitrogens is 1. The summed E-state index contributed by atoms with van der Waals surface area (Å²) < 4.78 is 10.2. The molecule has 2 heterocycles. The van der Waals surface area contributed by atoms with Crippen molar-refractivity contribution in [1.29, 1.82) is 0 Å². The molecule has 1 aromatic rings. The first-order chi connectivity index (χ1) is 7.29. The van der Waals surface area contributed by atoms with Crippen LogP contribution < -0.4 is 0 Å². The maximum absolute atomic E-state index is 11.2. The van der Waals surface area contributed by atoms with Crippen LogP contribution in [0, 0.1) is 0 Å². The Balaban J connectivity index is 2.03. The highest BCUT2D eigenvalue weighted by Crippen LogP contribution is 2.23. The highest BCUT2D eigenvalue weighted by molar-refractivity contribution is 7.11. The lowest BCUT2D eigenvalue weighted by atomic mass is 10.2. The predicted molar refractivity (Wildman–Crippen MR) is 55.8 cm³/mol. The molecule has 0 aromatic carbocycles. The van der Waals surface area contributed by atoms with Gasteiger partial charge in [0, 0.05) is 6.42 Å². The molecule has 0 N–H and O–H groups in total. The van der Waals surface area contributed by atoms with Crippen molar-refractivity contribution >= 4 is 17.3 Å². The number of rotatable bonds is 3. The van der Waals surface area contributed by atoms with Crippen LogP contribution in [0.15, 0.2) is 0 Å². The first kappa shape index (κ1) is 10.6. The number of nitrogens with zero attached hydrogens (tertiary/aromatic N) is 1. The molecule has 0 saturated carbocycles. The fourth-order valence-electron chi connectivity index (χ4n) is 1.49. The number of thiazole rings is 1. The first-order valence-corrected chi connectivity index (χ1v) is 5.82. The summed E-state index contributed by atoms with van der Waals surface area (Å²) in [5.74, 6) is -0.204. The lowest BCUT2D eigenvalue weighted by molar-refractivity contribution is -0.142. The van der Waals surface area contributed by atoms with Crippen LogP contribution in [-0.4, -0.2) is 24.2 Å². The van der Waals surface area contributed by atoms with Gasteiger partial charge in [-0.25, -0.2) is 4.98 Å². The monoisotopic (exact) mass is 227 g/mol. The number of carbonyl (C=O) groups excluding carboxylic acids is 1. The van der Waals surface area contributed by atoms with Crippen molar-refractivity contribution in [3.8, 4) is 0 Å². The molecule has 1 aliphatic rings. The zero-order chi connectivity index (χ0) is 10.7. The number of hydrogen-bond acceptors (Lipinski definition) is 5. The van der Waals surface area contributed by atoms with E-state index >= 15 is 0 Å². The molecule has 0 atom stereocenters. The number of ether oxygens (including phenoxy) is 2. The van der Waals surface area contributed by atoms with Crippen LogP contribution >= 0.6 is 11.3 Å². The SMILES string of the molecule is CCOC(=O)Cc1nc2c(s1)COCC2. The van der Waals surface area contributed by atoms with E-state index in [1.807, 2.05) is 0 Å². The quantitative estimate of drug-likeness (QED) is 0.731. The summed E-state index contributed by atoms with van der Waals surface area (Å²) in [6.45, 7) is 3.59. The maximum Gasteiger partial charge on any atom is 0.312 e. The van der Waals surface area contributed by atoms with Crippen LogP contribution in [0.25, 0.3) is 0 Å². The van der Waals surface area contributed by atoms with Gasteiger partial charge in [-0.15, -0.1) is 11.3 Å². The van der Waals surface area contributed by atoms with Gasteiger partial charge in [-0.2, -0.15) is 0 Å². The lowest BCUT2D eigenvalue weighted by Gasteiger charge is -2.08. The summed E-state index contributed by atoms with van der Waals surface area (Å²) in [6, 6.07) is 0. The molecule has 1 aromatic heterocycles. The predicted octanol–water partition coefficient (Wildman–Crippen LogP) is 1.32. The van der Waals surface area contributed by atoms with Crippen LogP contribution in [0.4, 0.5) is 0 Å². The Morgan fingerprint density at radius 3 is 3.27 bits per heavy atom. The minimum absolute atomic E-state index is 0.204. The minimum Gasteiger partial charge on any atom is -0.466 e. The Labute approximate surface area is 92.2 Å². The molecule has 2 rings (SSSR count). The zero-order valence-corrected chi connectivity index (χ0v) is 9.43. The Bertz CT molecular complexity index is 338. The summed E-state index contributed by atoms with van der Waals surface area (Å²) in [5.41, 5.74) is 1.09. The Kier molecular flexibility index (Phi) is 3.33. The van der Waals surface area contributed by atoms with Gasteiger partial charge in [0.05, 0.1) is 36.8 Å². The molecule has 0 fully saturated rings. The summed E-state index contributed by atoms with van der Waals surface area (Å²) in [5, 5.41) is 0.837. The molecule has 5 heteroatoms. The standard InChI is InChI=1S/C10H13NO3S/c1-2-14-10(12)5-9-11-7-3-4-13-6-8(7)15-9/h2-6H2,1H3. The summed E-state index contributed by atoms with van der Waals surface area (Å²) in [6.07, 6.45) is 1.14. The van der Waals surface area contributed by atoms with Crippen molar-refractivity contribution in [1.82, 2.24) is 4.98 Å². The number of hydrogen-bond donors (Lipinski definition) is 0. The highest BCUT2D eigenvalue weighted by Gasteiger charge is 2.17. The third kappa shape index (κ3) is 2.54. The summed E-state index contributed by atoms with van der Waals surface area (Å²) in [7, 11) is 0. The number of esters is 1. The lowest BCUT2D eigenvalue weighted by Crippen LogP contribution is -2.08. The average Bonchev–Trinajstić information content (AvgIpc) is 2.59. The molecule has 0 amide bonds. The third-order valence-electron chi connectivity index (χ3n) is 2.14. The van der Waals surface area contributed by atoms with E-state index in [1.165, 1.54) is 0 Å². The second-order valence-corrected chi connectivity index (χ2v) is 4.43. The maximum atomic E-state index is 11.2. The zero-order valence-electron chi connectivity index (χ0n) is 8.62. The van der Waals surface area contributed by atoms with Gasteiger partial charge in [-0.3, -0.25) is 4.79 Å². The normalized spacial score (nSPS) is 14.7. The van der Waals surface area contributed by atoms with Gasteiger partial charge in [0.15, 0.2) is 0 Å². The molecule has 4 nitrogen and oxygen atoms in total. The van der Waals surface area contributed by atoms with Crippen molar-refractivity contribution in [3.05, 3.63) is 15.6 Å². The molecule has 0 bridgehead atoms. The van der Waals surface area contributed by atoms with Gasteiger partial charge < -0.3 is 9.47 Å². The van der Waals surface area contributed by atoms with Crippen LogP contribution in [0.5, 0.6) is 0 Å². The Morgan fingerprint density at radius 1 is 1.67 bits per heavy atom. The molecule has 82 valence electrons. The van der Waals surface area contributed by atoms with E-state index in [4.69, 9.17) is 9.47 Å². The summed E-state index contributed by atoms with van der Waals surface area (Å²) >= 11 is 1.55. The van der Waals surface area contributed by atoms with E-state index in [-0.39, 0.29) is 12.4 Å². The molecule has 0 radical (unpaired) electrons. The van der Waals surface area contributed by atoms with Gasteiger partial charge in [0.25, 0.3) is 0 Å². The van der Waals surface area contributed by atoms with E-state index < -0.39 is 0 Å². The molecule has 0 saturated heterocycles.